The smallest absolute Gasteiger partial charge is 0.170 e. The molecule has 1 atom stereocenters. The molecule has 1 aromatic rings. The highest BCUT2D eigenvalue weighted by Gasteiger charge is 2.15. The maximum Gasteiger partial charge on any atom is 0.170 e. The van der Waals surface area contributed by atoms with Crippen molar-refractivity contribution in [3.8, 4) is 0 Å². The van der Waals surface area contributed by atoms with E-state index in [1.165, 1.54) is 0 Å². The number of aliphatic hydroxyl groups is 1. The second kappa shape index (κ2) is 8.55. The lowest BCUT2D eigenvalue weighted by atomic mass is 9.96. The Balaban J connectivity index is 2.58. The molecular weight excluding hydrogens is 254 g/mol. The van der Waals surface area contributed by atoms with E-state index in [0.29, 0.717) is 24.6 Å². The number of rotatable bonds is 8. The van der Waals surface area contributed by atoms with Gasteiger partial charge in [0.1, 0.15) is 0 Å². The number of amidine groups is 1. The lowest BCUT2D eigenvalue weighted by molar-refractivity contribution is 0.101. The Kier molecular flexibility index (Phi) is 7.04. The quantitative estimate of drug-likeness (QED) is 0.252. The third-order valence-corrected chi connectivity index (χ3v) is 3.66. The van der Waals surface area contributed by atoms with Crippen molar-refractivity contribution in [1.82, 2.24) is 5.32 Å². The van der Waals surface area contributed by atoms with Gasteiger partial charge in [-0.25, -0.2) is 0 Å². The fourth-order valence-electron chi connectivity index (χ4n) is 2.33. The van der Waals surface area contributed by atoms with E-state index in [1.807, 2.05) is 24.3 Å². The predicted octanol–water partition coefficient (Wildman–Crippen LogP) is 1.67. The van der Waals surface area contributed by atoms with Gasteiger partial charge in [0, 0.05) is 18.7 Å². The van der Waals surface area contributed by atoms with Gasteiger partial charge in [-0.2, -0.15) is 0 Å². The Morgan fingerprint density at radius 2 is 1.95 bits per heavy atom. The molecule has 5 heteroatoms. The Labute approximate surface area is 120 Å². The first-order chi connectivity index (χ1) is 9.63. The van der Waals surface area contributed by atoms with Crippen LogP contribution in [0.2, 0.25) is 0 Å². The van der Waals surface area contributed by atoms with Crippen LogP contribution in [-0.4, -0.2) is 28.8 Å². The fraction of sp³-hybridized carbons (Fsp3) is 0.533. The van der Waals surface area contributed by atoms with Crippen LogP contribution < -0.4 is 11.1 Å². The van der Waals surface area contributed by atoms with E-state index in [-0.39, 0.29) is 11.9 Å². The summed E-state index contributed by atoms with van der Waals surface area (Å²) < 4.78 is 0. The zero-order valence-electron chi connectivity index (χ0n) is 12.2. The molecule has 0 spiro atoms. The summed E-state index contributed by atoms with van der Waals surface area (Å²) >= 11 is 0. The number of hydrogen-bond donors (Lipinski definition) is 4. The van der Waals surface area contributed by atoms with Gasteiger partial charge in [0.2, 0.25) is 0 Å². The third-order valence-electron chi connectivity index (χ3n) is 3.66. The van der Waals surface area contributed by atoms with Gasteiger partial charge in [-0.15, -0.1) is 0 Å². The first-order valence-corrected chi connectivity index (χ1v) is 7.08. The zero-order valence-corrected chi connectivity index (χ0v) is 12.2. The van der Waals surface area contributed by atoms with Gasteiger partial charge in [0.25, 0.3) is 0 Å². The van der Waals surface area contributed by atoms with Crippen molar-refractivity contribution >= 4 is 5.84 Å². The molecule has 0 aliphatic carbocycles. The molecule has 5 N–H and O–H groups in total. The van der Waals surface area contributed by atoms with Crippen molar-refractivity contribution in [3.05, 3.63) is 35.4 Å². The minimum absolute atomic E-state index is 0.0999. The first-order valence-electron chi connectivity index (χ1n) is 7.08. The molecule has 0 aliphatic heterocycles. The molecule has 20 heavy (non-hydrogen) atoms. The summed E-state index contributed by atoms with van der Waals surface area (Å²) in [7, 11) is 0. The van der Waals surface area contributed by atoms with Gasteiger partial charge < -0.3 is 21.4 Å². The highest BCUT2D eigenvalue weighted by molar-refractivity contribution is 5.98. The van der Waals surface area contributed by atoms with Crippen molar-refractivity contribution in [1.29, 1.82) is 0 Å². The van der Waals surface area contributed by atoms with E-state index in [1.54, 1.807) is 0 Å². The number of nitrogens with one attached hydrogen (secondary N) is 1. The first kappa shape index (κ1) is 16.5. The molecule has 0 aliphatic rings. The van der Waals surface area contributed by atoms with Crippen LogP contribution >= 0.6 is 0 Å². The highest BCUT2D eigenvalue weighted by Crippen LogP contribution is 2.13. The molecule has 0 radical (unpaired) electrons. The minimum atomic E-state index is -0.346. The van der Waals surface area contributed by atoms with E-state index in [4.69, 9.17) is 10.9 Å². The Hall–Kier alpha value is -1.59. The van der Waals surface area contributed by atoms with Crippen LogP contribution in [0.5, 0.6) is 0 Å². The fourth-order valence-corrected chi connectivity index (χ4v) is 2.33. The maximum atomic E-state index is 10.1. The van der Waals surface area contributed by atoms with Crippen molar-refractivity contribution in [2.24, 2.45) is 16.8 Å². The van der Waals surface area contributed by atoms with Gasteiger partial charge in [0.05, 0.1) is 6.10 Å². The second-order valence-corrected chi connectivity index (χ2v) is 4.92. The van der Waals surface area contributed by atoms with E-state index < -0.39 is 0 Å². The second-order valence-electron chi connectivity index (χ2n) is 4.92. The Morgan fingerprint density at radius 1 is 1.30 bits per heavy atom. The monoisotopic (exact) mass is 279 g/mol. The van der Waals surface area contributed by atoms with Crippen LogP contribution in [0, 0.1) is 5.92 Å². The SMILES string of the molecule is CCC(CC)C(O)CNCc1ccccc1/C(N)=N/O. The van der Waals surface area contributed by atoms with E-state index in [0.717, 1.165) is 18.4 Å². The Bertz CT molecular complexity index is 431. The van der Waals surface area contributed by atoms with Crippen molar-refractivity contribution in [2.45, 2.75) is 39.3 Å². The standard InChI is InChI=1S/C15H25N3O2/c1-3-11(4-2)14(19)10-17-9-12-7-5-6-8-13(12)15(16)18-20/h5-8,11,14,17,19-20H,3-4,9-10H2,1-2H3,(H2,16,18). The number of hydrogen-bond acceptors (Lipinski definition) is 4. The predicted molar refractivity (Wildman–Crippen MR) is 80.7 cm³/mol. The summed E-state index contributed by atoms with van der Waals surface area (Å²) in [6.07, 6.45) is 1.60. The lowest BCUT2D eigenvalue weighted by Crippen LogP contribution is -2.32. The summed E-state index contributed by atoms with van der Waals surface area (Å²) in [4.78, 5) is 0. The molecule has 0 fully saturated rings. The molecular formula is C15H25N3O2. The van der Waals surface area contributed by atoms with E-state index in [9.17, 15) is 5.11 Å². The summed E-state index contributed by atoms with van der Waals surface area (Å²) in [5, 5.41) is 25.1. The van der Waals surface area contributed by atoms with Crippen molar-refractivity contribution < 1.29 is 10.3 Å². The normalized spacial score (nSPS) is 13.7. The number of nitrogens with two attached hydrogens (primary N) is 1. The van der Waals surface area contributed by atoms with Gasteiger partial charge >= 0.3 is 0 Å². The molecule has 5 nitrogen and oxygen atoms in total. The lowest BCUT2D eigenvalue weighted by Gasteiger charge is -2.20. The van der Waals surface area contributed by atoms with Crippen LogP contribution in [-0.2, 0) is 6.54 Å². The summed E-state index contributed by atoms with van der Waals surface area (Å²) in [5.41, 5.74) is 7.29. The molecule has 0 saturated heterocycles. The largest absolute Gasteiger partial charge is 0.409 e. The molecule has 1 aromatic carbocycles. The van der Waals surface area contributed by atoms with Crippen LogP contribution in [0.25, 0.3) is 0 Å². The molecule has 0 bridgehead atoms. The minimum Gasteiger partial charge on any atom is -0.409 e. The summed E-state index contributed by atoms with van der Waals surface area (Å²) in [6, 6.07) is 7.48. The zero-order chi connectivity index (χ0) is 15.0. The molecule has 1 rings (SSSR count). The topological polar surface area (TPSA) is 90.9 Å². The summed E-state index contributed by atoms with van der Waals surface area (Å²) in [5.74, 6) is 0.421. The van der Waals surface area contributed by atoms with Crippen LogP contribution in [0.3, 0.4) is 0 Å². The van der Waals surface area contributed by atoms with Crippen LogP contribution in [0.4, 0.5) is 0 Å². The summed E-state index contributed by atoms with van der Waals surface area (Å²) in [6.45, 7) is 5.29. The average Bonchev–Trinajstić information content (AvgIpc) is 2.48. The molecule has 0 aromatic heterocycles. The average molecular weight is 279 g/mol. The number of oxime groups is 1. The van der Waals surface area contributed by atoms with E-state index in [2.05, 4.69) is 24.3 Å². The van der Waals surface area contributed by atoms with Crippen molar-refractivity contribution in [2.75, 3.05) is 6.54 Å². The van der Waals surface area contributed by atoms with Crippen LogP contribution in [0.1, 0.15) is 37.8 Å². The molecule has 1 unspecified atom stereocenters. The van der Waals surface area contributed by atoms with Gasteiger partial charge in [-0.3, -0.25) is 0 Å². The number of benzene rings is 1. The van der Waals surface area contributed by atoms with E-state index >= 15 is 0 Å². The van der Waals surface area contributed by atoms with Gasteiger partial charge in [-0.05, 0) is 11.5 Å². The Morgan fingerprint density at radius 3 is 2.55 bits per heavy atom. The maximum absolute atomic E-state index is 10.1. The molecule has 0 saturated carbocycles. The third kappa shape index (κ3) is 4.51. The van der Waals surface area contributed by atoms with Gasteiger partial charge in [-0.1, -0.05) is 56.1 Å². The van der Waals surface area contributed by atoms with Gasteiger partial charge in [0.15, 0.2) is 5.84 Å². The van der Waals surface area contributed by atoms with Crippen LogP contribution in [0.15, 0.2) is 29.4 Å². The molecule has 0 amide bonds. The number of aliphatic hydroxyl groups excluding tert-OH is 1. The highest BCUT2D eigenvalue weighted by atomic mass is 16.4. The number of nitrogens with zero attached hydrogens (tertiary/aromatic N) is 1. The van der Waals surface area contributed by atoms with Crippen molar-refractivity contribution in [3.63, 3.8) is 0 Å². The molecule has 0 heterocycles. The molecule has 112 valence electrons.